The summed E-state index contributed by atoms with van der Waals surface area (Å²) in [6.45, 7) is 4.37. The Balaban J connectivity index is 1.82. The van der Waals surface area contributed by atoms with Gasteiger partial charge in [-0.25, -0.2) is 4.79 Å². The van der Waals surface area contributed by atoms with Crippen LogP contribution in [0.25, 0.3) is 0 Å². The predicted molar refractivity (Wildman–Crippen MR) is 110 cm³/mol. The zero-order valence-corrected chi connectivity index (χ0v) is 17.2. The molecule has 2 aromatic rings. The standard InChI is InChI=1S/C20H19ClN4O5/c1-11-8-15(16(25(29)30)9-12(11)2)22-17(26)10-24-18(27)20(3,23-19(24)28)13-6-4-5-7-14(13)21/h4-9H,10H2,1-3H3,(H,22,26)(H,23,28)/t20-/m1/s1. The van der Waals surface area contributed by atoms with Gasteiger partial charge >= 0.3 is 6.03 Å². The van der Waals surface area contributed by atoms with E-state index in [4.69, 9.17) is 11.6 Å². The summed E-state index contributed by atoms with van der Waals surface area (Å²) in [6, 6.07) is 8.65. The first kappa shape index (κ1) is 21.3. The van der Waals surface area contributed by atoms with Gasteiger partial charge in [0.1, 0.15) is 17.8 Å². The molecule has 0 saturated carbocycles. The number of rotatable bonds is 5. The van der Waals surface area contributed by atoms with Crippen molar-refractivity contribution in [2.45, 2.75) is 26.3 Å². The van der Waals surface area contributed by atoms with Crippen LogP contribution in [0.4, 0.5) is 16.2 Å². The van der Waals surface area contributed by atoms with Crippen LogP contribution < -0.4 is 10.6 Å². The Hall–Kier alpha value is -3.46. The number of hydrogen-bond acceptors (Lipinski definition) is 5. The summed E-state index contributed by atoms with van der Waals surface area (Å²) in [5.74, 6) is -1.39. The molecule has 1 aliphatic heterocycles. The minimum atomic E-state index is -1.43. The number of nitro benzene ring substituents is 1. The largest absolute Gasteiger partial charge is 0.325 e. The zero-order chi connectivity index (χ0) is 22.2. The molecule has 0 spiro atoms. The molecule has 2 aromatic carbocycles. The van der Waals surface area contributed by atoms with Crippen LogP contribution in [0.15, 0.2) is 36.4 Å². The van der Waals surface area contributed by atoms with Crippen molar-refractivity contribution in [3.05, 3.63) is 68.2 Å². The average Bonchev–Trinajstić information content (AvgIpc) is 2.88. The van der Waals surface area contributed by atoms with Crippen molar-refractivity contribution in [3.63, 3.8) is 0 Å². The topological polar surface area (TPSA) is 122 Å². The number of imide groups is 1. The lowest BCUT2D eigenvalue weighted by atomic mass is 9.92. The van der Waals surface area contributed by atoms with Gasteiger partial charge < -0.3 is 10.6 Å². The number of halogens is 1. The molecule has 0 aromatic heterocycles. The number of urea groups is 1. The number of hydrogen-bond donors (Lipinski definition) is 2. The van der Waals surface area contributed by atoms with E-state index >= 15 is 0 Å². The molecule has 0 aliphatic carbocycles. The predicted octanol–water partition coefficient (Wildman–Crippen LogP) is 3.27. The molecule has 2 N–H and O–H groups in total. The van der Waals surface area contributed by atoms with Gasteiger partial charge in [-0.3, -0.25) is 24.6 Å². The number of nitrogens with one attached hydrogen (secondary N) is 2. The number of nitro groups is 1. The van der Waals surface area contributed by atoms with Gasteiger partial charge in [0.25, 0.3) is 11.6 Å². The first-order valence-electron chi connectivity index (χ1n) is 8.99. The molecule has 0 bridgehead atoms. The summed E-state index contributed by atoms with van der Waals surface area (Å²) >= 11 is 6.18. The summed E-state index contributed by atoms with van der Waals surface area (Å²) in [5.41, 5.74) is 0.139. The molecule has 0 unspecified atom stereocenters. The molecule has 1 atom stereocenters. The van der Waals surface area contributed by atoms with E-state index in [2.05, 4.69) is 10.6 Å². The van der Waals surface area contributed by atoms with Gasteiger partial charge in [-0.2, -0.15) is 0 Å². The van der Waals surface area contributed by atoms with E-state index < -0.39 is 34.9 Å². The molecule has 1 heterocycles. The van der Waals surface area contributed by atoms with E-state index in [1.165, 1.54) is 19.1 Å². The number of nitrogens with zero attached hydrogens (tertiary/aromatic N) is 2. The Morgan fingerprint density at radius 1 is 1.23 bits per heavy atom. The molecule has 30 heavy (non-hydrogen) atoms. The Morgan fingerprint density at radius 2 is 1.87 bits per heavy atom. The van der Waals surface area contributed by atoms with E-state index in [0.717, 1.165) is 10.5 Å². The summed E-state index contributed by atoms with van der Waals surface area (Å²) < 4.78 is 0. The lowest BCUT2D eigenvalue weighted by Gasteiger charge is -2.23. The van der Waals surface area contributed by atoms with Crippen LogP contribution in [0.1, 0.15) is 23.6 Å². The van der Waals surface area contributed by atoms with Gasteiger partial charge in [0.05, 0.1) is 4.92 Å². The molecule has 1 saturated heterocycles. The van der Waals surface area contributed by atoms with Gasteiger partial charge in [0.15, 0.2) is 0 Å². The molecule has 1 aliphatic rings. The fourth-order valence-electron chi connectivity index (χ4n) is 3.28. The molecule has 3 rings (SSSR count). The van der Waals surface area contributed by atoms with Gasteiger partial charge in [-0.15, -0.1) is 0 Å². The van der Waals surface area contributed by atoms with Crippen molar-refractivity contribution in [3.8, 4) is 0 Å². The normalized spacial score (nSPS) is 18.3. The Morgan fingerprint density at radius 3 is 2.50 bits per heavy atom. The molecular weight excluding hydrogens is 412 g/mol. The molecule has 10 heteroatoms. The van der Waals surface area contributed by atoms with Crippen molar-refractivity contribution in [1.82, 2.24) is 10.2 Å². The Bertz CT molecular complexity index is 1090. The Kier molecular flexibility index (Phi) is 5.49. The number of carbonyl (C=O) groups excluding carboxylic acids is 3. The van der Waals surface area contributed by atoms with Gasteiger partial charge in [-0.1, -0.05) is 29.8 Å². The van der Waals surface area contributed by atoms with E-state index in [-0.39, 0.29) is 11.4 Å². The van der Waals surface area contributed by atoms with E-state index in [1.54, 1.807) is 38.1 Å². The van der Waals surface area contributed by atoms with Crippen molar-refractivity contribution >= 4 is 40.8 Å². The molecule has 0 radical (unpaired) electrons. The van der Waals surface area contributed by atoms with Gasteiger partial charge in [-0.05, 0) is 44.0 Å². The van der Waals surface area contributed by atoms with Gasteiger partial charge in [0, 0.05) is 16.7 Å². The number of carbonyl (C=O) groups is 3. The van der Waals surface area contributed by atoms with Crippen LogP contribution in [0.2, 0.25) is 5.02 Å². The Labute approximate surface area is 177 Å². The van der Waals surface area contributed by atoms with E-state index in [9.17, 15) is 24.5 Å². The fraction of sp³-hybridized carbons (Fsp3) is 0.250. The SMILES string of the molecule is Cc1cc(NC(=O)CN2C(=O)N[C@](C)(c3ccccc3Cl)C2=O)c([N+](=O)[O-])cc1C. The average molecular weight is 431 g/mol. The van der Waals surface area contributed by atoms with Crippen LogP contribution in [0.3, 0.4) is 0 Å². The molecule has 1 fully saturated rings. The van der Waals surface area contributed by atoms with Crippen LogP contribution >= 0.6 is 11.6 Å². The monoisotopic (exact) mass is 430 g/mol. The highest BCUT2D eigenvalue weighted by molar-refractivity contribution is 6.32. The third-order valence-corrected chi connectivity index (χ3v) is 5.40. The lowest BCUT2D eigenvalue weighted by molar-refractivity contribution is -0.384. The fourth-order valence-corrected chi connectivity index (χ4v) is 3.60. The number of anilines is 1. The molecular formula is C20H19ClN4O5. The summed E-state index contributed by atoms with van der Waals surface area (Å²) in [4.78, 5) is 49.3. The maximum absolute atomic E-state index is 12.9. The summed E-state index contributed by atoms with van der Waals surface area (Å²) in [5, 5.41) is 16.6. The molecule has 156 valence electrons. The van der Waals surface area contributed by atoms with Crippen LogP contribution in [0.5, 0.6) is 0 Å². The van der Waals surface area contributed by atoms with Crippen LogP contribution in [-0.2, 0) is 15.1 Å². The van der Waals surface area contributed by atoms with E-state index in [0.29, 0.717) is 16.1 Å². The van der Waals surface area contributed by atoms with Crippen molar-refractivity contribution in [2.24, 2.45) is 0 Å². The lowest BCUT2D eigenvalue weighted by Crippen LogP contribution is -2.42. The summed E-state index contributed by atoms with van der Waals surface area (Å²) in [7, 11) is 0. The zero-order valence-electron chi connectivity index (χ0n) is 16.5. The van der Waals surface area contributed by atoms with Crippen LogP contribution in [-0.4, -0.2) is 34.2 Å². The molecule has 4 amide bonds. The first-order valence-corrected chi connectivity index (χ1v) is 9.37. The third-order valence-electron chi connectivity index (χ3n) is 5.07. The second-order valence-electron chi connectivity index (χ2n) is 7.19. The van der Waals surface area contributed by atoms with Crippen LogP contribution in [0, 0.1) is 24.0 Å². The quantitative estimate of drug-likeness (QED) is 0.428. The van der Waals surface area contributed by atoms with Gasteiger partial charge in [0.2, 0.25) is 5.91 Å². The second-order valence-corrected chi connectivity index (χ2v) is 7.59. The first-order chi connectivity index (χ1) is 14.0. The number of benzene rings is 2. The minimum absolute atomic E-state index is 0.00554. The third kappa shape index (κ3) is 3.71. The summed E-state index contributed by atoms with van der Waals surface area (Å²) in [6.07, 6.45) is 0. The number of aryl methyl sites for hydroxylation is 2. The molecule has 9 nitrogen and oxygen atoms in total. The van der Waals surface area contributed by atoms with Crippen molar-refractivity contribution in [2.75, 3.05) is 11.9 Å². The maximum Gasteiger partial charge on any atom is 0.325 e. The minimum Gasteiger partial charge on any atom is -0.319 e. The smallest absolute Gasteiger partial charge is 0.319 e. The maximum atomic E-state index is 12.9. The number of amides is 4. The van der Waals surface area contributed by atoms with E-state index in [1.807, 2.05) is 0 Å². The second kappa shape index (κ2) is 7.75. The highest BCUT2D eigenvalue weighted by Gasteiger charge is 2.50. The highest BCUT2D eigenvalue weighted by Crippen LogP contribution is 2.33. The highest BCUT2D eigenvalue weighted by atomic mass is 35.5. The van der Waals surface area contributed by atoms with Crippen molar-refractivity contribution < 1.29 is 19.3 Å². The van der Waals surface area contributed by atoms with Crippen molar-refractivity contribution in [1.29, 1.82) is 0 Å².